The first kappa shape index (κ1) is 22.5. The van der Waals surface area contributed by atoms with Crippen LogP contribution in [0.4, 0.5) is 4.39 Å². The number of aryl methyl sites for hydroxylation is 1. The van der Waals surface area contributed by atoms with Crippen molar-refractivity contribution in [3.05, 3.63) is 65.5 Å². The summed E-state index contributed by atoms with van der Waals surface area (Å²) in [5.74, 6) is -0.494. The Morgan fingerprint density at radius 1 is 1.12 bits per heavy atom. The molecule has 4 rings (SSSR count). The van der Waals surface area contributed by atoms with Crippen LogP contribution in [0, 0.1) is 35.4 Å². The number of hydrogen-bond acceptors (Lipinski definition) is 7. The summed E-state index contributed by atoms with van der Waals surface area (Å²) in [6.07, 6.45) is 4.54. The van der Waals surface area contributed by atoms with Crippen molar-refractivity contribution in [2.45, 2.75) is 35.8 Å². The van der Waals surface area contributed by atoms with Gasteiger partial charge in [0.25, 0.3) is 0 Å². The monoisotopic (exact) mass is 462 g/mol. The molecule has 33 heavy (non-hydrogen) atoms. The summed E-state index contributed by atoms with van der Waals surface area (Å²) in [7, 11) is 0. The molecule has 0 fully saturated rings. The molecule has 0 aliphatic rings. The highest BCUT2D eigenvalue weighted by atomic mass is 32.2. The Hall–Kier alpha value is -3.70. The molecular weight excluding hydrogens is 443 g/mol. The number of aliphatic hydroxyl groups excluding tert-OH is 2. The summed E-state index contributed by atoms with van der Waals surface area (Å²) in [5.41, 5.74) is 3.68. The van der Waals surface area contributed by atoms with Crippen molar-refractivity contribution in [3.63, 3.8) is 0 Å². The molecule has 166 valence electrons. The molecule has 0 aliphatic heterocycles. The van der Waals surface area contributed by atoms with Crippen molar-refractivity contribution in [1.82, 2.24) is 19.4 Å². The van der Waals surface area contributed by atoms with Gasteiger partial charge >= 0.3 is 0 Å². The molecule has 1 aromatic carbocycles. The van der Waals surface area contributed by atoms with Crippen LogP contribution in [0.5, 0.6) is 0 Å². The minimum absolute atomic E-state index is 0.202. The molecule has 4 aromatic rings. The van der Waals surface area contributed by atoms with Crippen LogP contribution in [0.3, 0.4) is 0 Å². The second kappa shape index (κ2) is 9.43. The second-order valence-corrected chi connectivity index (χ2v) is 8.49. The number of nitriles is 2. The number of rotatable bonds is 7. The Balaban J connectivity index is 1.79. The van der Waals surface area contributed by atoms with Crippen LogP contribution in [0.2, 0.25) is 0 Å². The van der Waals surface area contributed by atoms with Crippen molar-refractivity contribution in [2.75, 3.05) is 6.61 Å². The molecule has 0 saturated heterocycles. The smallest absolute Gasteiger partial charge is 0.124 e. The van der Waals surface area contributed by atoms with Crippen LogP contribution in [0.15, 0.2) is 52.6 Å². The maximum Gasteiger partial charge on any atom is 0.124 e. The van der Waals surface area contributed by atoms with E-state index in [1.807, 2.05) is 19.1 Å². The number of halogens is 1. The van der Waals surface area contributed by atoms with E-state index in [4.69, 9.17) is 5.11 Å². The van der Waals surface area contributed by atoms with E-state index in [-0.39, 0.29) is 12.2 Å². The lowest BCUT2D eigenvalue weighted by Gasteiger charge is -2.11. The highest BCUT2D eigenvalue weighted by molar-refractivity contribution is 7.99. The number of benzene rings is 1. The highest BCUT2D eigenvalue weighted by Gasteiger charge is 2.17. The molecule has 0 amide bonds. The van der Waals surface area contributed by atoms with Crippen LogP contribution in [0.1, 0.15) is 23.2 Å². The fraction of sp³-hybridized carbons (Fsp3) is 0.217. The zero-order valence-corrected chi connectivity index (χ0v) is 18.4. The van der Waals surface area contributed by atoms with Gasteiger partial charge in [-0.1, -0.05) is 11.8 Å². The maximum absolute atomic E-state index is 13.6. The SMILES string of the molecule is Cc1c(-c2cc(Sc3ccc(F)cc3C#N)c3c(C#N)cnn3c2)cnn1CC[C@@H](O)CO. The van der Waals surface area contributed by atoms with Crippen molar-refractivity contribution >= 4 is 17.3 Å². The normalized spacial score (nSPS) is 11.9. The van der Waals surface area contributed by atoms with Gasteiger partial charge in [-0.15, -0.1) is 0 Å². The summed E-state index contributed by atoms with van der Waals surface area (Å²) in [6.45, 7) is 2.04. The number of hydrogen-bond donors (Lipinski definition) is 2. The van der Waals surface area contributed by atoms with E-state index in [1.54, 1.807) is 27.7 Å². The third-order valence-corrected chi connectivity index (χ3v) is 6.39. The van der Waals surface area contributed by atoms with Gasteiger partial charge in [-0.3, -0.25) is 4.68 Å². The fourth-order valence-electron chi connectivity index (χ4n) is 3.51. The van der Waals surface area contributed by atoms with Gasteiger partial charge in [0.15, 0.2) is 0 Å². The van der Waals surface area contributed by atoms with E-state index in [1.165, 1.54) is 30.1 Å². The minimum atomic E-state index is -0.810. The summed E-state index contributed by atoms with van der Waals surface area (Å²) in [5, 5.41) is 46.4. The number of aliphatic hydroxyl groups is 2. The summed E-state index contributed by atoms with van der Waals surface area (Å²) < 4.78 is 17.0. The first-order valence-electron chi connectivity index (χ1n) is 10.1. The lowest BCUT2D eigenvalue weighted by atomic mass is 10.1. The molecular formula is C23H19FN6O2S. The van der Waals surface area contributed by atoms with Gasteiger partial charge in [0.2, 0.25) is 0 Å². The molecule has 10 heteroatoms. The van der Waals surface area contributed by atoms with Gasteiger partial charge in [0, 0.05) is 39.4 Å². The van der Waals surface area contributed by atoms with Crippen LogP contribution < -0.4 is 0 Å². The first-order chi connectivity index (χ1) is 15.9. The second-order valence-electron chi connectivity index (χ2n) is 7.40. The highest BCUT2D eigenvalue weighted by Crippen LogP contribution is 2.37. The van der Waals surface area contributed by atoms with Gasteiger partial charge < -0.3 is 10.2 Å². The molecule has 0 saturated carbocycles. The molecule has 1 atom stereocenters. The molecule has 0 bridgehead atoms. The van der Waals surface area contributed by atoms with E-state index in [0.717, 1.165) is 16.8 Å². The molecule has 0 unspecified atom stereocenters. The van der Waals surface area contributed by atoms with E-state index in [9.17, 15) is 20.0 Å². The van der Waals surface area contributed by atoms with E-state index < -0.39 is 11.9 Å². The molecule has 3 heterocycles. The zero-order valence-electron chi connectivity index (χ0n) is 17.6. The van der Waals surface area contributed by atoms with Crippen molar-refractivity contribution in [2.24, 2.45) is 0 Å². The Morgan fingerprint density at radius 2 is 1.91 bits per heavy atom. The number of nitrogens with zero attached hydrogens (tertiary/aromatic N) is 6. The maximum atomic E-state index is 13.6. The number of pyridine rings is 1. The Labute approximate surface area is 193 Å². The first-order valence-corrected chi connectivity index (χ1v) is 10.9. The predicted molar refractivity (Wildman–Crippen MR) is 119 cm³/mol. The molecule has 2 N–H and O–H groups in total. The average Bonchev–Trinajstić information content (AvgIpc) is 3.41. The summed E-state index contributed by atoms with van der Waals surface area (Å²) >= 11 is 1.26. The zero-order chi connectivity index (χ0) is 23.5. The van der Waals surface area contributed by atoms with Crippen molar-refractivity contribution in [3.8, 4) is 23.3 Å². The lowest BCUT2D eigenvalue weighted by molar-refractivity contribution is 0.0836. The third-order valence-electron chi connectivity index (χ3n) is 5.28. The van der Waals surface area contributed by atoms with Crippen LogP contribution in [-0.4, -0.2) is 42.3 Å². The lowest BCUT2D eigenvalue weighted by Crippen LogP contribution is -2.16. The quantitative estimate of drug-likeness (QED) is 0.432. The van der Waals surface area contributed by atoms with Gasteiger partial charge in [0.1, 0.15) is 18.0 Å². The van der Waals surface area contributed by atoms with Gasteiger partial charge in [-0.2, -0.15) is 20.7 Å². The standard InChI is InChI=1S/C23H19FN6O2S/c1-14-20(11-28-29(14)5-4-19(32)13-31)16-7-22(23-17(9-26)10-27-30(23)12-16)33-21-3-2-18(24)6-15(21)8-25/h2-3,6-7,10-12,19,31-32H,4-5,13H2,1H3/t19-/m1/s1. The number of fused-ring (bicyclic) bond motifs is 1. The minimum Gasteiger partial charge on any atom is -0.394 e. The Bertz CT molecular complexity index is 1420. The van der Waals surface area contributed by atoms with E-state index in [0.29, 0.717) is 33.8 Å². The topological polar surface area (TPSA) is 123 Å². The molecule has 3 aromatic heterocycles. The largest absolute Gasteiger partial charge is 0.394 e. The molecule has 0 radical (unpaired) electrons. The van der Waals surface area contributed by atoms with Gasteiger partial charge in [-0.05, 0) is 37.6 Å². The molecule has 0 aliphatic carbocycles. The summed E-state index contributed by atoms with van der Waals surface area (Å²) in [6, 6.07) is 10.1. The van der Waals surface area contributed by atoms with Crippen LogP contribution in [-0.2, 0) is 6.54 Å². The fourth-order valence-corrected chi connectivity index (χ4v) is 4.58. The molecule has 0 spiro atoms. The summed E-state index contributed by atoms with van der Waals surface area (Å²) in [4.78, 5) is 1.25. The number of aromatic nitrogens is 4. The third kappa shape index (κ3) is 4.45. The van der Waals surface area contributed by atoms with Crippen LogP contribution in [0.25, 0.3) is 16.6 Å². The molecule has 8 nitrogen and oxygen atoms in total. The van der Waals surface area contributed by atoms with Gasteiger partial charge in [-0.25, -0.2) is 8.91 Å². The predicted octanol–water partition coefficient (Wildman–Crippen LogP) is 3.28. The Kier molecular flexibility index (Phi) is 6.43. The van der Waals surface area contributed by atoms with Crippen molar-refractivity contribution < 1.29 is 14.6 Å². The average molecular weight is 463 g/mol. The van der Waals surface area contributed by atoms with Crippen LogP contribution >= 0.6 is 11.8 Å². The van der Waals surface area contributed by atoms with Gasteiger partial charge in [0.05, 0.1) is 41.7 Å². The van der Waals surface area contributed by atoms with E-state index in [2.05, 4.69) is 16.3 Å². The Morgan fingerprint density at radius 3 is 2.64 bits per heavy atom. The van der Waals surface area contributed by atoms with Crippen molar-refractivity contribution in [1.29, 1.82) is 10.5 Å². The van der Waals surface area contributed by atoms with E-state index >= 15 is 0 Å².